The number of anilines is 3. The molecule has 1 N–H and O–H groups in total. The molecule has 0 fully saturated rings. The van der Waals surface area contributed by atoms with Crippen molar-refractivity contribution in [1.29, 1.82) is 0 Å². The van der Waals surface area contributed by atoms with Crippen LogP contribution >= 0.6 is 0 Å². The molecule has 130 valence electrons. The summed E-state index contributed by atoms with van der Waals surface area (Å²) in [5, 5.41) is 3.28. The Morgan fingerprint density at radius 1 is 1.08 bits per heavy atom. The van der Waals surface area contributed by atoms with Gasteiger partial charge < -0.3 is 15.0 Å². The van der Waals surface area contributed by atoms with Crippen LogP contribution in [0.2, 0.25) is 0 Å². The summed E-state index contributed by atoms with van der Waals surface area (Å²) >= 11 is 0. The molecule has 1 aromatic heterocycles. The Bertz CT molecular complexity index is 624. The summed E-state index contributed by atoms with van der Waals surface area (Å²) in [5.41, 5.74) is 0.876. The first-order valence-corrected chi connectivity index (χ1v) is 8.74. The van der Waals surface area contributed by atoms with Gasteiger partial charge >= 0.3 is 0 Å². The summed E-state index contributed by atoms with van der Waals surface area (Å²) in [6.45, 7) is 10.4. The fourth-order valence-corrected chi connectivity index (χ4v) is 2.51. The van der Waals surface area contributed by atoms with Crippen LogP contribution in [0.1, 0.15) is 40.5 Å². The molecule has 0 bridgehead atoms. The van der Waals surface area contributed by atoms with Crippen LogP contribution in [0.5, 0.6) is 5.75 Å². The smallest absolute Gasteiger partial charge is 0.229 e. The Balaban J connectivity index is 2.20. The molecule has 1 aromatic carbocycles. The zero-order valence-electron chi connectivity index (χ0n) is 15.1. The van der Waals surface area contributed by atoms with E-state index in [1.54, 1.807) is 6.20 Å². The molecule has 0 saturated carbocycles. The van der Waals surface area contributed by atoms with E-state index < -0.39 is 0 Å². The molecule has 0 aliphatic carbocycles. The summed E-state index contributed by atoms with van der Waals surface area (Å²) < 4.78 is 5.84. The Morgan fingerprint density at radius 2 is 1.79 bits per heavy atom. The second-order valence-corrected chi connectivity index (χ2v) is 6.01. The average Bonchev–Trinajstić information content (AvgIpc) is 2.56. The monoisotopic (exact) mass is 328 g/mol. The van der Waals surface area contributed by atoms with Gasteiger partial charge in [-0.2, -0.15) is 4.98 Å². The second kappa shape index (κ2) is 9.11. The van der Waals surface area contributed by atoms with Gasteiger partial charge in [0.2, 0.25) is 5.95 Å². The standard InChI is InChI=1S/C19H28N4O/c1-5-13-23(14-6-2)18-11-12-20-19(22-18)21-16-9-7-8-10-17(16)24-15(3)4/h7-12,15H,5-6,13-14H2,1-4H3,(H,20,21,22). The van der Waals surface area contributed by atoms with Gasteiger partial charge in [-0.05, 0) is 44.9 Å². The summed E-state index contributed by atoms with van der Waals surface area (Å²) in [7, 11) is 0. The minimum Gasteiger partial charge on any atom is -0.489 e. The van der Waals surface area contributed by atoms with E-state index >= 15 is 0 Å². The van der Waals surface area contributed by atoms with Crippen LogP contribution < -0.4 is 15.0 Å². The van der Waals surface area contributed by atoms with Gasteiger partial charge in [0.05, 0.1) is 11.8 Å². The highest BCUT2D eigenvalue weighted by molar-refractivity contribution is 5.63. The highest BCUT2D eigenvalue weighted by atomic mass is 16.5. The highest BCUT2D eigenvalue weighted by Crippen LogP contribution is 2.27. The fraction of sp³-hybridized carbons (Fsp3) is 0.474. The molecule has 2 aromatic rings. The van der Waals surface area contributed by atoms with Crippen LogP contribution in [0.3, 0.4) is 0 Å². The van der Waals surface area contributed by atoms with Crippen LogP contribution in [-0.2, 0) is 0 Å². The van der Waals surface area contributed by atoms with Crippen molar-refractivity contribution in [3.05, 3.63) is 36.5 Å². The summed E-state index contributed by atoms with van der Waals surface area (Å²) in [5.74, 6) is 2.35. The number of hydrogen-bond acceptors (Lipinski definition) is 5. The Labute approximate surface area is 145 Å². The van der Waals surface area contributed by atoms with Gasteiger partial charge in [-0.3, -0.25) is 0 Å². The van der Waals surface area contributed by atoms with Crippen LogP contribution in [-0.4, -0.2) is 29.2 Å². The molecule has 1 heterocycles. The van der Waals surface area contributed by atoms with E-state index in [0.29, 0.717) is 5.95 Å². The first-order valence-electron chi connectivity index (χ1n) is 8.74. The van der Waals surface area contributed by atoms with E-state index in [4.69, 9.17) is 4.74 Å². The van der Waals surface area contributed by atoms with Crippen LogP contribution in [0.15, 0.2) is 36.5 Å². The minimum atomic E-state index is 0.116. The number of benzene rings is 1. The van der Waals surface area contributed by atoms with E-state index in [-0.39, 0.29) is 6.10 Å². The molecular weight excluding hydrogens is 300 g/mol. The Hall–Kier alpha value is -2.30. The summed E-state index contributed by atoms with van der Waals surface area (Å²) in [6, 6.07) is 9.83. The van der Waals surface area contributed by atoms with E-state index in [0.717, 1.165) is 43.2 Å². The predicted octanol–water partition coefficient (Wildman–Crippen LogP) is 4.63. The van der Waals surface area contributed by atoms with E-state index in [2.05, 4.69) is 34.0 Å². The predicted molar refractivity (Wildman–Crippen MR) is 100 cm³/mol. The third-order valence-corrected chi connectivity index (χ3v) is 3.45. The molecule has 2 rings (SSSR count). The molecule has 0 atom stereocenters. The van der Waals surface area contributed by atoms with Crippen LogP contribution in [0, 0.1) is 0 Å². The maximum absolute atomic E-state index is 5.84. The number of nitrogens with one attached hydrogen (secondary N) is 1. The van der Waals surface area contributed by atoms with Crippen molar-refractivity contribution >= 4 is 17.5 Å². The number of nitrogens with zero attached hydrogens (tertiary/aromatic N) is 3. The molecule has 0 amide bonds. The zero-order chi connectivity index (χ0) is 17.4. The lowest BCUT2D eigenvalue weighted by Crippen LogP contribution is -2.26. The number of rotatable bonds is 9. The van der Waals surface area contributed by atoms with Gasteiger partial charge in [0.1, 0.15) is 11.6 Å². The van der Waals surface area contributed by atoms with E-state index in [1.807, 2.05) is 44.2 Å². The summed E-state index contributed by atoms with van der Waals surface area (Å²) in [4.78, 5) is 11.3. The zero-order valence-corrected chi connectivity index (χ0v) is 15.1. The van der Waals surface area contributed by atoms with Crippen molar-refractivity contribution in [1.82, 2.24) is 9.97 Å². The quantitative estimate of drug-likeness (QED) is 0.727. The largest absolute Gasteiger partial charge is 0.489 e. The molecular formula is C19H28N4O. The van der Waals surface area contributed by atoms with Crippen LogP contribution in [0.25, 0.3) is 0 Å². The van der Waals surface area contributed by atoms with Gasteiger partial charge in [-0.1, -0.05) is 26.0 Å². The lowest BCUT2D eigenvalue weighted by molar-refractivity contribution is 0.244. The van der Waals surface area contributed by atoms with E-state index in [9.17, 15) is 0 Å². The molecule has 0 aliphatic heterocycles. The highest BCUT2D eigenvalue weighted by Gasteiger charge is 2.10. The molecule has 24 heavy (non-hydrogen) atoms. The second-order valence-electron chi connectivity index (χ2n) is 6.01. The van der Waals surface area contributed by atoms with Crippen molar-refractivity contribution in [2.75, 3.05) is 23.3 Å². The van der Waals surface area contributed by atoms with Gasteiger partial charge in [-0.15, -0.1) is 0 Å². The molecule has 5 nitrogen and oxygen atoms in total. The molecule has 0 spiro atoms. The molecule has 0 aliphatic rings. The van der Waals surface area contributed by atoms with Gasteiger partial charge in [0, 0.05) is 19.3 Å². The maximum atomic E-state index is 5.84. The van der Waals surface area contributed by atoms with Crippen molar-refractivity contribution in [3.63, 3.8) is 0 Å². The minimum absolute atomic E-state index is 0.116. The SMILES string of the molecule is CCCN(CCC)c1ccnc(Nc2ccccc2OC(C)C)n1. The van der Waals surface area contributed by atoms with E-state index in [1.165, 1.54) is 0 Å². The van der Waals surface area contributed by atoms with Crippen molar-refractivity contribution < 1.29 is 4.74 Å². The number of para-hydroxylation sites is 2. The molecule has 5 heteroatoms. The Morgan fingerprint density at radius 3 is 2.46 bits per heavy atom. The fourth-order valence-electron chi connectivity index (χ4n) is 2.51. The van der Waals surface area contributed by atoms with Crippen LogP contribution in [0.4, 0.5) is 17.5 Å². The van der Waals surface area contributed by atoms with Gasteiger partial charge in [0.25, 0.3) is 0 Å². The van der Waals surface area contributed by atoms with Gasteiger partial charge in [-0.25, -0.2) is 4.98 Å². The average molecular weight is 328 g/mol. The third-order valence-electron chi connectivity index (χ3n) is 3.45. The number of ether oxygens (including phenoxy) is 1. The first kappa shape index (κ1) is 18.0. The third kappa shape index (κ3) is 5.11. The maximum Gasteiger partial charge on any atom is 0.229 e. The molecule has 0 radical (unpaired) electrons. The number of hydrogen-bond donors (Lipinski definition) is 1. The number of aromatic nitrogens is 2. The van der Waals surface area contributed by atoms with Crippen molar-refractivity contribution in [2.24, 2.45) is 0 Å². The molecule has 0 saturated heterocycles. The van der Waals surface area contributed by atoms with Gasteiger partial charge in [0.15, 0.2) is 0 Å². The normalized spacial score (nSPS) is 10.7. The van der Waals surface area contributed by atoms with Crippen molar-refractivity contribution in [3.8, 4) is 5.75 Å². The lowest BCUT2D eigenvalue weighted by atomic mass is 10.3. The lowest BCUT2D eigenvalue weighted by Gasteiger charge is -2.23. The summed E-state index contributed by atoms with van der Waals surface area (Å²) in [6.07, 6.45) is 4.11. The topological polar surface area (TPSA) is 50.3 Å². The first-order chi connectivity index (χ1) is 11.6. The van der Waals surface area contributed by atoms with Crippen molar-refractivity contribution in [2.45, 2.75) is 46.6 Å². The Kier molecular flexibility index (Phi) is 6.85. The molecule has 0 unspecified atom stereocenters.